The first kappa shape index (κ1) is 27.1. The molecule has 0 saturated heterocycles. The summed E-state index contributed by atoms with van der Waals surface area (Å²) in [6, 6.07) is 26.7. The summed E-state index contributed by atoms with van der Waals surface area (Å²) >= 11 is 0. The molecule has 4 unspecified atom stereocenters. The summed E-state index contributed by atoms with van der Waals surface area (Å²) in [5.74, 6) is -2.57. The Morgan fingerprint density at radius 2 is 1.26 bits per heavy atom. The molecule has 9 heteroatoms. The number of carboxylic acids is 1. The van der Waals surface area contributed by atoms with Crippen LogP contribution in [-0.2, 0) is 26.2 Å². The Labute approximate surface area is 205 Å². The van der Waals surface area contributed by atoms with Gasteiger partial charge < -0.3 is 14.9 Å². The third kappa shape index (κ3) is 8.88. The van der Waals surface area contributed by atoms with Gasteiger partial charge in [0.25, 0.3) is 7.52 Å². The van der Waals surface area contributed by atoms with Crippen molar-refractivity contribution >= 4 is 20.9 Å². The van der Waals surface area contributed by atoms with Crippen molar-refractivity contribution in [1.82, 2.24) is 5.09 Å². The van der Waals surface area contributed by atoms with Crippen LogP contribution in [0.25, 0.3) is 0 Å². The van der Waals surface area contributed by atoms with Crippen LogP contribution in [0.2, 0.25) is 0 Å². The van der Waals surface area contributed by atoms with E-state index in [2.05, 4.69) is 5.09 Å². The van der Waals surface area contributed by atoms with E-state index in [-0.39, 0.29) is 31.6 Å². The molecule has 0 saturated carbocycles. The fraction of sp³-hybridized carbons (Fsp3) is 0.269. The maximum Gasteiger partial charge on any atom is 0.303 e. The Bertz CT molecular complexity index is 1170. The SMILES string of the molecule is O=C(O)CCC(CC(NP(=O)(O)Cc1ccccc1)P(=O)(O)Cc1ccccc1)c1ccccc1. The number of carbonyl (C=O) groups is 1. The molecule has 0 heterocycles. The van der Waals surface area contributed by atoms with Gasteiger partial charge in [0, 0.05) is 6.42 Å². The average Bonchev–Trinajstić information content (AvgIpc) is 2.82. The van der Waals surface area contributed by atoms with E-state index in [1.54, 1.807) is 60.7 Å². The predicted molar refractivity (Wildman–Crippen MR) is 138 cm³/mol. The van der Waals surface area contributed by atoms with Crippen LogP contribution in [0.1, 0.15) is 41.9 Å². The lowest BCUT2D eigenvalue weighted by Gasteiger charge is -2.30. The summed E-state index contributed by atoms with van der Waals surface area (Å²) < 4.78 is 26.9. The van der Waals surface area contributed by atoms with Crippen molar-refractivity contribution in [3.63, 3.8) is 0 Å². The van der Waals surface area contributed by atoms with Gasteiger partial charge in [0.15, 0.2) is 0 Å². The number of hydrogen-bond donors (Lipinski definition) is 4. The van der Waals surface area contributed by atoms with Gasteiger partial charge in [-0.1, -0.05) is 91.0 Å². The molecule has 7 nitrogen and oxygen atoms in total. The molecule has 4 atom stereocenters. The molecule has 35 heavy (non-hydrogen) atoms. The lowest BCUT2D eigenvalue weighted by Crippen LogP contribution is -2.30. The molecular weight excluding hydrogens is 484 g/mol. The monoisotopic (exact) mass is 515 g/mol. The van der Waals surface area contributed by atoms with Crippen molar-refractivity contribution in [3.05, 3.63) is 108 Å². The second-order valence-electron chi connectivity index (χ2n) is 8.67. The molecule has 0 fully saturated rings. The van der Waals surface area contributed by atoms with Crippen LogP contribution in [0.5, 0.6) is 0 Å². The van der Waals surface area contributed by atoms with Gasteiger partial charge in [-0.2, -0.15) is 0 Å². The highest BCUT2D eigenvalue weighted by molar-refractivity contribution is 7.60. The molecule has 0 amide bonds. The minimum Gasteiger partial charge on any atom is -0.481 e. The Kier molecular flexibility index (Phi) is 9.62. The van der Waals surface area contributed by atoms with Crippen molar-refractivity contribution in [2.24, 2.45) is 0 Å². The second-order valence-corrected chi connectivity index (χ2v) is 13.1. The summed E-state index contributed by atoms with van der Waals surface area (Å²) in [6.07, 6.45) is -0.214. The first-order valence-electron chi connectivity index (χ1n) is 11.4. The highest BCUT2D eigenvalue weighted by Crippen LogP contribution is 2.55. The molecule has 0 aliphatic rings. The van der Waals surface area contributed by atoms with E-state index < -0.39 is 32.6 Å². The van der Waals surface area contributed by atoms with Gasteiger partial charge in [-0.25, -0.2) is 5.09 Å². The topological polar surface area (TPSA) is 124 Å². The number of rotatable bonds is 13. The molecule has 0 aliphatic carbocycles. The zero-order valence-corrected chi connectivity index (χ0v) is 21.1. The quantitative estimate of drug-likeness (QED) is 0.212. The summed E-state index contributed by atoms with van der Waals surface area (Å²) in [5.41, 5.74) is 2.09. The molecule has 3 aromatic carbocycles. The zero-order valence-electron chi connectivity index (χ0n) is 19.3. The van der Waals surface area contributed by atoms with Gasteiger partial charge in [-0.05, 0) is 35.4 Å². The van der Waals surface area contributed by atoms with Crippen LogP contribution < -0.4 is 5.09 Å². The maximum absolute atomic E-state index is 13.7. The van der Waals surface area contributed by atoms with E-state index in [0.717, 1.165) is 5.56 Å². The van der Waals surface area contributed by atoms with Gasteiger partial charge in [-0.15, -0.1) is 0 Å². The first-order chi connectivity index (χ1) is 16.6. The largest absolute Gasteiger partial charge is 0.481 e. The normalized spacial score (nSPS) is 16.5. The summed E-state index contributed by atoms with van der Waals surface area (Å²) in [6.45, 7) is 0. The van der Waals surface area contributed by atoms with E-state index >= 15 is 0 Å². The third-order valence-corrected chi connectivity index (χ3v) is 9.66. The van der Waals surface area contributed by atoms with Gasteiger partial charge in [0.2, 0.25) is 7.37 Å². The Hall–Kier alpha value is -2.53. The van der Waals surface area contributed by atoms with Crippen molar-refractivity contribution in [2.75, 3.05) is 0 Å². The van der Waals surface area contributed by atoms with Crippen molar-refractivity contribution in [1.29, 1.82) is 0 Å². The molecule has 3 aromatic rings. The molecule has 0 radical (unpaired) electrons. The molecule has 0 spiro atoms. The second kappa shape index (κ2) is 12.4. The van der Waals surface area contributed by atoms with Gasteiger partial charge in [0.05, 0.1) is 18.1 Å². The summed E-state index contributed by atoms with van der Waals surface area (Å²) in [4.78, 5) is 33.2. The zero-order chi connectivity index (χ0) is 25.3. The highest BCUT2D eigenvalue weighted by atomic mass is 31.2. The number of nitrogens with one attached hydrogen (secondary N) is 1. The average molecular weight is 515 g/mol. The molecule has 0 aromatic heterocycles. The van der Waals surface area contributed by atoms with Crippen LogP contribution in [-0.4, -0.2) is 26.6 Å². The van der Waals surface area contributed by atoms with Crippen molar-refractivity contribution in [2.45, 2.75) is 43.3 Å². The molecule has 186 valence electrons. The Morgan fingerprint density at radius 1 is 0.771 bits per heavy atom. The third-order valence-electron chi connectivity index (χ3n) is 5.81. The molecule has 4 N–H and O–H groups in total. The predicted octanol–water partition coefficient (Wildman–Crippen LogP) is 5.80. The number of aliphatic carboxylic acids is 1. The number of hydrogen-bond acceptors (Lipinski definition) is 3. The van der Waals surface area contributed by atoms with Crippen LogP contribution >= 0.6 is 14.9 Å². The van der Waals surface area contributed by atoms with Crippen LogP contribution in [0.4, 0.5) is 0 Å². The smallest absolute Gasteiger partial charge is 0.303 e. The molecular formula is C26H31NO6P2. The van der Waals surface area contributed by atoms with Crippen molar-refractivity contribution in [3.8, 4) is 0 Å². The fourth-order valence-electron chi connectivity index (χ4n) is 4.09. The lowest BCUT2D eigenvalue weighted by atomic mass is 9.91. The Balaban J connectivity index is 1.91. The van der Waals surface area contributed by atoms with Gasteiger partial charge in [0.1, 0.15) is 0 Å². The van der Waals surface area contributed by atoms with Crippen molar-refractivity contribution < 1.29 is 28.8 Å². The summed E-state index contributed by atoms with van der Waals surface area (Å²) in [7, 11) is -8.09. The maximum atomic E-state index is 13.7. The van der Waals surface area contributed by atoms with E-state index in [4.69, 9.17) is 0 Å². The molecule has 0 bridgehead atoms. The summed E-state index contributed by atoms with van der Waals surface area (Å²) in [5, 5.41) is 11.9. The highest BCUT2D eigenvalue weighted by Gasteiger charge is 2.38. The molecule has 3 rings (SSSR count). The molecule has 0 aliphatic heterocycles. The lowest BCUT2D eigenvalue weighted by molar-refractivity contribution is -0.137. The van der Waals surface area contributed by atoms with Crippen LogP contribution in [0.3, 0.4) is 0 Å². The van der Waals surface area contributed by atoms with E-state index in [1.807, 2.05) is 30.3 Å². The minimum atomic E-state index is -4.06. The Morgan fingerprint density at radius 3 is 1.77 bits per heavy atom. The van der Waals surface area contributed by atoms with Gasteiger partial charge >= 0.3 is 5.97 Å². The fourth-order valence-corrected chi connectivity index (χ4v) is 8.25. The number of benzene rings is 3. The number of carboxylic acid groups (broad SMARTS) is 1. The van der Waals surface area contributed by atoms with Crippen LogP contribution in [0, 0.1) is 0 Å². The van der Waals surface area contributed by atoms with Gasteiger partial charge in [-0.3, -0.25) is 13.9 Å². The standard InChI is InChI=1S/C26H31NO6P2/c28-26(29)17-16-24(23-14-8-3-9-15-23)18-25(34(30,31)19-21-10-4-1-5-11-21)27-35(32,33)20-22-12-6-2-7-13-22/h1-15,24-25H,16-20H2,(H,28,29)(H,30,31)(H2,27,32,33). The van der Waals surface area contributed by atoms with Crippen LogP contribution in [0.15, 0.2) is 91.0 Å². The van der Waals surface area contributed by atoms with E-state index in [9.17, 15) is 28.8 Å². The van der Waals surface area contributed by atoms with E-state index in [0.29, 0.717) is 11.1 Å². The van der Waals surface area contributed by atoms with E-state index in [1.165, 1.54) is 0 Å². The minimum absolute atomic E-state index is 0.0389. The first-order valence-corrected chi connectivity index (χ1v) is 15.2.